The number of fused-ring (bicyclic) bond motifs is 1. The van der Waals surface area contributed by atoms with E-state index in [-0.39, 0.29) is 11.2 Å². The van der Waals surface area contributed by atoms with Crippen LogP contribution in [0.3, 0.4) is 0 Å². The Bertz CT molecular complexity index is 1070. The highest BCUT2D eigenvalue weighted by Gasteiger charge is 2.28. The fraction of sp³-hybridized carbons (Fsp3) is 0.462. The monoisotopic (exact) mass is 423 g/mol. The van der Waals surface area contributed by atoms with Crippen LogP contribution in [0.25, 0.3) is 11.6 Å². The molecule has 0 bridgehead atoms. The van der Waals surface area contributed by atoms with Gasteiger partial charge in [-0.3, -0.25) is 9.59 Å². The van der Waals surface area contributed by atoms with Gasteiger partial charge in [0.1, 0.15) is 11.5 Å². The number of nitrogens with zero attached hydrogens (tertiary/aromatic N) is 1. The van der Waals surface area contributed by atoms with E-state index in [4.69, 9.17) is 9.47 Å². The summed E-state index contributed by atoms with van der Waals surface area (Å²) in [5.74, 6) is 1.76. The second-order valence-corrected chi connectivity index (χ2v) is 8.92. The third-order valence-corrected chi connectivity index (χ3v) is 5.60. The molecule has 1 heterocycles. The normalized spacial score (nSPS) is 14.9. The zero-order valence-electron chi connectivity index (χ0n) is 19.5. The highest BCUT2D eigenvalue weighted by atomic mass is 16.5. The van der Waals surface area contributed by atoms with Crippen molar-refractivity contribution in [2.24, 2.45) is 5.41 Å². The van der Waals surface area contributed by atoms with Gasteiger partial charge in [-0.1, -0.05) is 34.1 Å². The Hall–Kier alpha value is -2.82. The molecule has 0 saturated carbocycles. The van der Waals surface area contributed by atoms with Gasteiger partial charge in [0.05, 0.1) is 12.2 Å². The second kappa shape index (κ2) is 9.13. The quantitative estimate of drug-likeness (QED) is 0.433. The number of allylic oxidation sites excluding steroid dienone is 3. The molecule has 2 aromatic rings. The fourth-order valence-corrected chi connectivity index (χ4v) is 3.61. The van der Waals surface area contributed by atoms with E-state index >= 15 is 0 Å². The summed E-state index contributed by atoms with van der Waals surface area (Å²) in [6, 6.07) is 6.14. The smallest absolute Gasteiger partial charge is 0.268 e. The first-order valence-corrected chi connectivity index (χ1v) is 11.2. The lowest BCUT2D eigenvalue weighted by Gasteiger charge is -2.30. The van der Waals surface area contributed by atoms with Gasteiger partial charge in [0.2, 0.25) is 5.43 Å². The van der Waals surface area contributed by atoms with Crippen molar-refractivity contribution in [3.63, 3.8) is 0 Å². The van der Waals surface area contributed by atoms with Crippen LogP contribution >= 0.6 is 0 Å². The summed E-state index contributed by atoms with van der Waals surface area (Å²) in [7, 11) is 0. The van der Waals surface area contributed by atoms with Gasteiger partial charge in [0, 0.05) is 35.8 Å². The minimum Gasteiger partial charge on any atom is -0.489 e. The highest BCUT2D eigenvalue weighted by molar-refractivity contribution is 5.93. The summed E-state index contributed by atoms with van der Waals surface area (Å²) >= 11 is 0. The molecule has 2 aromatic carbocycles. The van der Waals surface area contributed by atoms with Crippen molar-refractivity contribution in [3.05, 3.63) is 61.6 Å². The van der Waals surface area contributed by atoms with Crippen molar-refractivity contribution in [3.8, 4) is 11.5 Å². The largest absolute Gasteiger partial charge is 0.489 e. The Morgan fingerprint density at radius 1 is 1.06 bits per heavy atom. The lowest BCUT2D eigenvalue weighted by atomic mass is 9.88. The molecule has 5 heteroatoms. The summed E-state index contributed by atoms with van der Waals surface area (Å²) in [4.78, 5) is 26.6. The average molecular weight is 424 g/mol. The molecule has 0 aliphatic carbocycles. The zero-order valence-corrected chi connectivity index (χ0v) is 19.5. The predicted octanol–water partition coefficient (Wildman–Crippen LogP) is 5.17. The van der Waals surface area contributed by atoms with Gasteiger partial charge in [-0.05, 0) is 50.1 Å². The molecule has 3 rings (SSSR count). The first-order valence-electron chi connectivity index (χ1n) is 11.2. The van der Waals surface area contributed by atoms with Gasteiger partial charge in [-0.15, -0.1) is 0 Å². The summed E-state index contributed by atoms with van der Waals surface area (Å²) in [5, 5.41) is 0. The van der Waals surface area contributed by atoms with Crippen molar-refractivity contribution >= 4 is 17.3 Å². The zero-order chi connectivity index (χ0) is 22.8. The van der Waals surface area contributed by atoms with Crippen molar-refractivity contribution in [1.82, 2.24) is 0 Å². The third kappa shape index (κ3) is 4.60. The van der Waals surface area contributed by atoms with Crippen molar-refractivity contribution < 1.29 is 9.47 Å². The van der Waals surface area contributed by atoms with E-state index in [0.717, 1.165) is 54.3 Å². The minimum absolute atomic E-state index is 0.185. The van der Waals surface area contributed by atoms with E-state index in [1.807, 2.05) is 12.1 Å². The van der Waals surface area contributed by atoms with Crippen LogP contribution in [-0.2, 0) is 0 Å². The summed E-state index contributed by atoms with van der Waals surface area (Å²) in [6.45, 7) is 14.8. The number of hydrogen-bond donors (Lipinski definition) is 0. The lowest BCUT2D eigenvalue weighted by Crippen LogP contribution is -2.35. The molecular weight excluding hydrogens is 390 g/mol. The van der Waals surface area contributed by atoms with Crippen LogP contribution in [0.2, 0.25) is 0 Å². The van der Waals surface area contributed by atoms with Crippen LogP contribution in [0.5, 0.6) is 11.5 Å². The first-order chi connectivity index (χ1) is 14.7. The molecule has 1 aliphatic heterocycles. The van der Waals surface area contributed by atoms with E-state index in [1.165, 1.54) is 0 Å². The molecule has 0 fully saturated rings. The molecule has 1 aliphatic rings. The van der Waals surface area contributed by atoms with E-state index in [1.54, 1.807) is 6.08 Å². The van der Waals surface area contributed by atoms with Crippen molar-refractivity contribution in [2.75, 3.05) is 24.6 Å². The van der Waals surface area contributed by atoms with Gasteiger partial charge in [-0.25, -0.2) is 0 Å². The molecule has 0 saturated heterocycles. The molecule has 5 nitrogen and oxygen atoms in total. The maximum Gasteiger partial charge on any atom is 0.268 e. The van der Waals surface area contributed by atoms with Gasteiger partial charge in [-0.2, -0.15) is 0 Å². The Balaban J connectivity index is 2.08. The standard InChI is InChI=1S/C26H33NO4/c1-7-10-13-30-25-20(23(28)24(25)29)14-17-15-22(26(4,5)6)31-21-16-18(11-12-19(17)21)27(8-2)9-3/h11-12,14-16H,7-10,13H2,1-6H3. The number of anilines is 1. The molecule has 31 heavy (non-hydrogen) atoms. The van der Waals surface area contributed by atoms with E-state index in [2.05, 4.69) is 58.6 Å². The van der Waals surface area contributed by atoms with Crippen LogP contribution in [0.15, 0.2) is 39.6 Å². The van der Waals surface area contributed by atoms with Crippen LogP contribution in [0, 0.1) is 5.41 Å². The molecule has 0 N–H and O–H groups in total. The molecule has 0 unspecified atom stereocenters. The molecule has 0 amide bonds. The number of ether oxygens (including phenoxy) is 2. The lowest BCUT2D eigenvalue weighted by molar-refractivity contribution is 0.291. The maximum atomic E-state index is 12.3. The van der Waals surface area contributed by atoms with E-state index in [0.29, 0.717) is 12.2 Å². The maximum absolute atomic E-state index is 12.3. The Morgan fingerprint density at radius 2 is 1.77 bits per heavy atom. The van der Waals surface area contributed by atoms with E-state index in [9.17, 15) is 9.59 Å². The number of hydrogen-bond acceptors (Lipinski definition) is 5. The summed E-state index contributed by atoms with van der Waals surface area (Å²) in [6.07, 6.45) is 5.54. The van der Waals surface area contributed by atoms with E-state index < -0.39 is 10.9 Å². The van der Waals surface area contributed by atoms with Gasteiger partial charge < -0.3 is 14.4 Å². The average Bonchev–Trinajstić information content (AvgIpc) is 2.75. The minimum atomic E-state index is -0.535. The number of benzene rings is 1. The molecule has 0 spiro atoms. The predicted molar refractivity (Wildman–Crippen MR) is 128 cm³/mol. The summed E-state index contributed by atoms with van der Waals surface area (Å²) < 4.78 is 11.9. The third-order valence-electron chi connectivity index (χ3n) is 5.60. The van der Waals surface area contributed by atoms with Crippen molar-refractivity contribution in [1.29, 1.82) is 0 Å². The van der Waals surface area contributed by atoms with Gasteiger partial charge in [0.15, 0.2) is 5.75 Å². The number of unbranched alkanes of at least 4 members (excludes halogenated alkanes) is 1. The molecule has 166 valence electrons. The summed E-state index contributed by atoms with van der Waals surface area (Å²) in [5.41, 5.74) is 1.96. The first kappa shape index (κ1) is 22.9. The number of rotatable bonds is 8. The van der Waals surface area contributed by atoms with Crippen LogP contribution in [-0.4, -0.2) is 19.7 Å². The topological polar surface area (TPSA) is 55.8 Å². The molecule has 0 atom stereocenters. The molecule has 0 aromatic heterocycles. The van der Waals surface area contributed by atoms with Crippen LogP contribution in [0.1, 0.15) is 65.5 Å². The highest BCUT2D eigenvalue weighted by Crippen LogP contribution is 2.42. The SMILES string of the molecule is CCCCOc1c(C=C2C=C(C(C)(C)C)Oc3cc(N(CC)CC)ccc32)c(=O)c1=O. The molecule has 0 radical (unpaired) electrons. The fourth-order valence-electron chi connectivity index (χ4n) is 3.61. The van der Waals surface area contributed by atoms with Crippen LogP contribution in [0.4, 0.5) is 5.69 Å². The van der Waals surface area contributed by atoms with Crippen molar-refractivity contribution in [2.45, 2.75) is 54.4 Å². The van der Waals surface area contributed by atoms with Crippen LogP contribution < -0.4 is 25.2 Å². The van der Waals surface area contributed by atoms with Gasteiger partial charge >= 0.3 is 0 Å². The Morgan fingerprint density at radius 3 is 2.39 bits per heavy atom. The Kier molecular flexibility index (Phi) is 6.73. The van der Waals surface area contributed by atoms with Gasteiger partial charge in [0.25, 0.3) is 5.43 Å². The Labute approximate surface area is 184 Å². The molecular formula is C26H33NO4. The second-order valence-electron chi connectivity index (χ2n) is 8.92.